The number of rotatable bonds is 12. The summed E-state index contributed by atoms with van der Waals surface area (Å²) >= 11 is 0. The molecular weight excluding hydrogens is 496 g/mol. The molecule has 1 saturated heterocycles. The minimum absolute atomic E-state index is 0.0136. The van der Waals surface area contributed by atoms with Gasteiger partial charge in [-0.2, -0.15) is 0 Å². The van der Waals surface area contributed by atoms with Gasteiger partial charge in [0.05, 0.1) is 56.7 Å². The summed E-state index contributed by atoms with van der Waals surface area (Å²) in [7, 11) is 1.66. The predicted octanol–water partition coefficient (Wildman–Crippen LogP) is 4.01. The Balaban J connectivity index is 1.11. The molecule has 9 heteroatoms. The van der Waals surface area contributed by atoms with Gasteiger partial charge < -0.3 is 29.2 Å². The van der Waals surface area contributed by atoms with Gasteiger partial charge in [-0.05, 0) is 42.5 Å². The van der Waals surface area contributed by atoms with Crippen molar-refractivity contribution >= 4 is 22.6 Å². The van der Waals surface area contributed by atoms with Crippen molar-refractivity contribution in [2.24, 2.45) is 0 Å². The van der Waals surface area contributed by atoms with Crippen LogP contribution in [0.5, 0.6) is 17.4 Å². The van der Waals surface area contributed by atoms with Gasteiger partial charge in [0.2, 0.25) is 11.8 Å². The molecule has 1 N–H and O–H groups in total. The normalized spacial score (nSPS) is 15.4. The van der Waals surface area contributed by atoms with Crippen LogP contribution in [0.25, 0.3) is 11.0 Å². The number of benzene rings is 3. The number of methoxy groups -OCH3 is 1. The molecule has 0 spiro atoms. The Bertz CT molecular complexity index is 1380. The number of para-hydroxylation sites is 3. The zero-order chi connectivity index (χ0) is 26.9. The zero-order valence-electron chi connectivity index (χ0n) is 21.9. The maximum absolute atomic E-state index is 12.8. The molecule has 1 aromatic heterocycles. The highest BCUT2D eigenvalue weighted by molar-refractivity contribution is 5.96. The molecule has 0 radical (unpaired) electrons. The minimum atomic E-state index is -0.188. The van der Waals surface area contributed by atoms with Crippen molar-refractivity contribution in [3.8, 4) is 17.4 Å². The van der Waals surface area contributed by atoms with Gasteiger partial charge in [-0.3, -0.25) is 4.79 Å². The zero-order valence-corrected chi connectivity index (χ0v) is 21.9. The number of hydrogen-bond acceptors (Lipinski definition) is 8. The highest BCUT2D eigenvalue weighted by atomic mass is 16.5. The largest absolute Gasteiger partial charge is 0.496 e. The van der Waals surface area contributed by atoms with Crippen LogP contribution in [0.3, 0.4) is 0 Å². The van der Waals surface area contributed by atoms with Gasteiger partial charge in [-0.15, -0.1) is 0 Å². The molecule has 1 fully saturated rings. The molecule has 0 aliphatic carbocycles. The number of anilines is 1. The number of ether oxygens (including phenoxy) is 4. The predicted molar refractivity (Wildman–Crippen MR) is 148 cm³/mol. The van der Waals surface area contributed by atoms with Gasteiger partial charge in [-0.25, -0.2) is 9.97 Å². The van der Waals surface area contributed by atoms with Gasteiger partial charge in [0.15, 0.2) is 0 Å². The smallest absolute Gasteiger partial charge is 0.241 e. The number of nitrogens with zero attached hydrogens (tertiary/aromatic N) is 3. The lowest BCUT2D eigenvalue weighted by Crippen LogP contribution is -2.57. The Morgan fingerprint density at radius 1 is 0.949 bits per heavy atom. The summed E-state index contributed by atoms with van der Waals surface area (Å²) in [6.07, 6.45) is 2.37. The van der Waals surface area contributed by atoms with Crippen LogP contribution in [0.1, 0.15) is 12.0 Å². The molecule has 2 heterocycles. The molecule has 4 aromatic rings. The summed E-state index contributed by atoms with van der Waals surface area (Å²) in [6.45, 7) is 2.78. The number of carbonyl (C=O) groups excluding carboxylic acids is 1. The molecule has 9 nitrogen and oxygen atoms in total. The number of aromatic nitrogens is 2. The standard InChI is InChI=1S/C30H32N4O5/c1-36-28-10-5-2-7-22(28)20-37-15-6-16-38-25-13-11-23(12-14-25)34-24(17-31-19-30(34)35)21-39-29-18-32-26-8-3-4-9-27(26)33-29/h2-5,7-14,18,24,31H,6,15-17,19-21H2,1H3/t24-/m1/s1. The van der Waals surface area contributed by atoms with E-state index < -0.39 is 0 Å². The minimum Gasteiger partial charge on any atom is -0.496 e. The van der Waals surface area contributed by atoms with Crippen LogP contribution in [-0.4, -0.2) is 61.9 Å². The van der Waals surface area contributed by atoms with E-state index in [0.717, 1.165) is 40.2 Å². The first-order valence-electron chi connectivity index (χ1n) is 13.0. The number of piperazine rings is 1. The molecular formula is C30H32N4O5. The lowest BCUT2D eigenvalue weighted by Gasteiger charge is -2.35. The molecule has 0 saturated carbocycles. The molecule has 1 aliphatic heterocycles. The highest BCUT2D eigenvalue weighted by Gasteiger charge is 2.30. The van der Waals surface area contributed by atoms with Crippen LogP contribution in [0.15, 0.2) is 79.0 Å². The van der Waals surface area contributed by atoms with E-state index in [0.29, 0.717) is 38.9 Å². The van der Waals surface area contributed by atoms with Crippen molar-refractivity contribution < 1.29 is 23.7 Å². The average molecular weight is 529 g/mol. The molecule has 5 rings (SSSR count). The maximum Gasteiger partial charge on any atom is 0.241 e. The van der Waals surface area contributed by atoms with E-state index in [1.54, 1.807) is 18.2 Å². The average Bonchev–Trinajstić information content (AvgIpc) is 2.98. The molecule has 0 bridgehead atoms. The first-order chi connectivity index (χ1) is 19.2. The SMILES string of the molecule is COc1ccccc1COCCCOc1ccc(N2C(=O)CNC[C@@H]2COc2cnc3ccccc3n2)cc1. The van der Waals surface area contributed by atoms with E-state index in [2.05, 4.69) is 15.3 Å². The fourth-order valence-corrected chi connectivity index (χ4v) is 4.46. The van der Waals surface area contributed by atoms with Crippen molar-refractivity contribution in [1.29, 1.82) is 0 Å². The Kier molecular flexibility index (Phi) is 8.82. The summed E-state index contributed by atoms with van der Waals surface area (Å²) in [4.78, 5) is 23.5. The summed E-state index contributed by atoms with van der Waals surface area (Å²) in [5, 5.41) is 3.17. The number of amides is 1. The van der Waals surface area contributed by atoms with Gasteiger partial charge in [0.1, 0.15) is 18.1 Å². The summed E-state index contributed by atoms with van der Waals surface area (Å²) in [5.74, 6) is 1.99. The Hall–Kier alpha value is -4.21. The fourth-order valence-electron chi connectivity index (χ4n) is 4.46. The summed E-state index contributed by atoms with van der Waals surface area (Å²) < 4.78 is 23.0. The van der Waals surface area contributed by atoms with Crippen molar-refractivity contribution in [3.05, 3.63) is 84.6 Å². The van der Waals surface area contributed by atoms with Crippen LogP contribution in [-0.2, 0) is 16.1 Å². The van der Waals surface area contributed by atoms with Gasteiger partial charge in [0, 0.05) is 24.2 Å². The van der Waals surface area contributed by atoms with Gasteiger partial charge in [-0.1, -0.05) is 30.3 Å². The molecule has 202 valence electrons. The molecule has 1 amide bonds. The van der Waals surface area contributed by atoms with E-state index >= 15 is 0 Å². The fraction of sp³-hybridized carbons (Fsp3) is 0.300. The lowest BCUT2D eigenvalue weighted by atomic mass is 10.1. The Labute approximate surface area is 227 Å². The molecule has 0 unspecified atom stereocenters. The van der Waals surface area contributed by atoms with E-state index in [1.165, 1.54) is 0 Å². The lowest BCUT2D eigenvalue weighted by molar-refractivity contribution is -0.119. The number of hydrogen-bond donors (Lipinski definition) is 1. The van der Waals surface area contributed by atoms with Crippen molar-refractivity contribution in [1.82, 2.24) is 15.3 Å². The molecule has 3 aromatic carbocycles. The monoisotopic (exact) mass is 528 g/mol. The van der Waals surface area contributed by atoms with Crippen molar-refractivity contribution in [3.63, 3.8) is 0 Å². The number of carbonyl (C=O) groups is 1. The highest BCUT2D eigenvalue weighted by Crippen LogP contribution is 2.24. The third-order valence-electron chi connectivity index (χ3n) is 6.41. The quantitative estimate of drug-likeness (QED) is 0.276. The second kappa shape index (κ2) is 13.0. The summed E-state index contributed by atoms with van der Waals surface area (Å²) in [6, 6.07) is 22.8. The number of fused-ring (bicyclic) bond motifs is 1. The van der Waals surface area contributed by atoms with E-state index in [4.69, 9.17) is 18.9 Å². The van der Waals surface area contributed by atoms with E-state index in [1.807, 2.05) is 72.8 Å². The molecule has 1 aliphatic rings. The topological polar surface area (TPSA) is 95.0 Å². The van der Waals surface area contributed by atoms with Crippen molar-refractivity contribution in [2.75, 3.05) is 44.9 Å². The van der Waals surface area contributed by atoms with Gasteiger partial charge >= 0.3 is 0 Å². The number of nitrogens with one attached hydrogen (secondary N) is 1. The maximum atomic E-state index is 12.8. The first-order valence-corrected chi connectivity index (χ1v) is 13.0. The first kappa shape index (κ1) is 26.4. The van der Waals surface area contributed by atoms with E-state index in [9.17, 15) is 4.79 Å². The van der Waals surface area contributed by atoms with Crippen LogP contribution in [0.2, 0.25) is 0 Å². The second-order valence-corrected chi connectivity index (χ2v) is 9.12. The van der Waals surface area contributed by atoms with Crippen LogP contribution >= 0.6 is 0 Å². The third kappa shape index (κ3) is 6.81. The molecule has 1 atom stereocenters. The van der Waals surface area contributed by atoms with E-state index in [-0.39, 0.29) is 18.5 Å². The third-order valence-corrected chi connectivity index (χ3v) is 6.41. The van der Waals surface area contributed by atoms with Crippen LogP contribution in [0.4, 0.5) is 5.69 Å². The Morgan fingerprint density at radius 2 is 1.74 bits per heavy atom. The second-order valence-electron chi connectivity index (χ2n) is 9.12. The summed E-state index contributed by atoms with van der Waals surface area (Å²) in [5.41, 5.74) is 3.40. The van der Waals surface area contributed by atoms with Crippen LogP contribution in [0, 0.1) is 0 Å². The van der Waals surface area contributed by atoms with Crippen LogP contribution < -0.4 is 24.4 Å². The van der Waals surface area contributed by atoms with Crippen molar-refractivity contribution in [2.45, 2.75) is 19.1 Å². The Morgan fingerprint density at radius 3 is 2.59 bits per heavy atom. The molecule has 39 heavy (non-hydrogen) atoms. The van der Waals surface area contributed by atoms with Gasteiger partial charge in [0.25, 0.3) is 0 Å².